The van der Waals surface area contributed by atoms with Gasteiger partial charge in [0.15, 0.2) is 0 Å². The molecule has 1 aliphatic carbocycles. The third kappa shape index (κ3) is 3.62. The smallest absolute Gasteiger partial charge is 0.241 e. The molecule has 6 heteroatoms. The molecule has 0 bridgehead atoms. The summed E-state index contributed by atoms with van der Waals surface area (Å²) < 4.78 is 41.1. The zero-order valence-electron chi connectivity index (χ0n) is 12.4. The molecule has 0 spiro atoms. The topological polar surface area (TPSA) is 66.4 Å². The fraction of sp³-hybridized carbons (Fsp3) is 0.600. The first kappa shape index (κ1) is 16.4. The van der Waals surface area contributed by atoms with E-state index in [2.05, 4.69) is 4.72 Å². The number of aliphatic hydroxyl groups excluding tert-OH is 1. The molecule has 1 aromatic carbocycles. The molecule has 2 atom stereocenters. The molecule has 2 N–H and O–H groups in total. The van der Waals surface area contributed by atoms with Crippen molar-refractivity contribution < 1.29 is 17.9 Å². The van der Waals surface area contributed by atoms with Gasteiger partial charge in [0.25, 0.3) is 0 Å². The number of benzene rings is 1. The number of hydrogen-bond acceptors (Lipinski definition) is 3. The van der Waals surface area contributed by atoms with Crippen LogP contribution in [0.15, 0.2) is 23.1 Å². The van der Waals surface area contributed by atoms with E-state index >= 15 is 0 Å². The van der Waals surface area contributed by atoms with E-state index in [-0.39, 0.29) is 11.5 Å². The molecule has 0 aromatic heterocycles. The lowest BCUT2D eigenvalue weighted by molar-refractivity contribution is 0.119. The average molecular weight is 315 g/mol. The predicted octanol–water partition coefficient (Wildman–Crippen LogP) is 2.35. The van der Waals surface area contributed by atoms with Crippen LogP contribution < -0.4 is 4.72 Å². The van der Waals surface area contributed by atoms with E-state index in [1.54, 1.807) is 6.92 Å². The van der Waals surface area contributed by atoms with Gasteiger partial charge < -0.3 is 5.11 Å². The lowest BCUT2D eigenvalue weighted by Crippen LogP contribution is -2.53. The van der Waals surface area contributed by atoms with Gasteiger partial charge >= 0.3 is 0 Å². The molecule has 0 saturated heterocycles. The number of nitrogens with one attached hydrogen (secondary N) is 1. The quantitative estimate of drug-likeness (QED) is 0.896. The number of halogens is 1. The minimum atomic E-state index is -3.84. The summed E-state index contributed by atoms with van der Waals surface area (Å²) in [6, 6.07) is 3.85. The average Bonchev–Trinajstić information content (AvgIpc) is 2.41. The number of rotatable bonds is 4. The Labute approximate surface area is 125 Å². The van der Waals surface area contributed by atoms with Crippen molar-refractivity contribution in [2.45, 2.75) is 50.0 Å². The van der Waals surface area contributed by atoms with Crippen molar-refractivity contribution in [3.8, 4) is 0 Å². The number of hydrogen-bond donors (Lipinski definition) is 2. The van der Waals surface area contributed by atoms with Crippen LogP contribution in [0.4, 0.5) is 4.39 Å². The lowest BCUT2D eigenvalue weighted by Gasteiger charge is -2.39. The van der Waals surface area contributed by atoms with Gasteiger partial charge in [-0.15, -0.1) is 0 Å². The van der Waals surface area contributed by atoms with Gasteiger partial charge in [-0.25, -0.2) is 17.5 Å². The van der Waals surface area contributed by atoms with Gasteiger partial charge in [-0.1, -0.05) is 25.8 Å². The highest BCUT2D eigenvalue weighted by Gasteiger charge is 2.38. The molecule has 21 heavy (non-hydrogen) atoms. The van der Waals surface area contributed by atoms with Gasteiger partial charge in [-0.2, -0.15) is 0 Å². The molecule has 0 amide bonds. The fourth-order valence-electron chi connectivity index (χ4n) is 3.01. The fourth-order valence-corrected chi connectivity index (χ4v) is 4.46. The van der Waals surface area contributed by atoms with Crippen molar-refractivity contribution in [1.29, 1.82) is 0 Å². The van der Waals surface area contributed by atoms with E-state index < -0.39 is 21.4 Å². The molecule has 0 aliphatic heterocycles. The molecule has 118 valence electrons. The Balaban J connectivity index is 2.28. The predicted molar refractivity (Wildman–Crippen MR) is 78.9 cm³/mol. The molecule has 1 aliphatic rings. The first-order valence-corrected chi connectivity index (χ1v) is 8.67. The highest BCUT2D eigenvalue weighted by atomic mass is 32.2. The monoisotopic (exact) mass is 315 g/mol. The molecular weight excluding hydrogens is 293 g/mol. The zero-order valence-corrected chi connectivity index (χ0v) is 13.2. The molecule has 1 saturated carbocycles. The Morgan fingerprint density at radius 2 is 2.19 bits per heavy atom. The second-order valence-electron chi connectivity index (χ2n) is 6.16. The van der Waals surface area contributed by atoms with E-state index in [9.17, 15) is 17.9 Å². The highest BCUT2D eigenvalue weighted by molar-refractivity contribution is 7.89. The van der Waals surface area contributed by atoms with Crippen LogP contribution in [0.2, 0.25) is 0 Å². The summed E-state index contributed by atoms with van der Waals surface area (Å²) in [6.07, 6.45) is 3.09. The van der Waals surface area contributed by atoms with E-state index in [1.165, 1.54) is 12.1 Å². The third-order valence-electron chi connectivity index (χ3n) is 4.20. The minimum Gasteiger partial charge on any atom is -0.394 e. The maximum atomic E-state index is 13.6. The van der Waals surface area contributed by atoms with Crippen molar-refractivity contribution >= 4 is 10.0 Å². The van der Waals surface area contributed by atoms with Crippen LogP contribution in [-0.4, -0.2) is 25.7 Å². The summed E-state index contributed by atoms with van der Waals surface area (Å²) in [5.74, 6) is -0.198. The third-order valence-corrected chi connectivity index (χ3v) is 5.77. The zero-order chi connectivity index (χ0) is 15.7. The van der Waals surface area contributed by atoms with Crippen LogP contribution in [0.25, 0.3) is 0 Å². The van der Waals surface area contributed by atoms with Crippen LogP contribution in [0.5, 0.6) is 0 Å². The Hall–Kier alpha value is -0.980. The van der Waals surface area contributed by atoms with Crippen molar-refractivity contribution in [2.24, 2.45) is 5.92 Å². The summed E-state index contributed by atoms with van der Waals surface area (Å²) >= 11 is 0. The highest BCUT2D eigenvalue weighted by Crippen LogP contribution is 2.33. The van der Waals surface area contributed by atoms with Crippen LogP contribution in [-0.2, 0) is 10.0 Å². The van der Waals surface area contributed by atoms with Gasteiger partial charge in [0.2, 0.25) is 10.0 Å². The summed E-state index contributed by atoms with van der Waals surface area (Å²) in [4.78, 5) is -0.100. The first-order valence-electron chi connectivity index (χ1n) is 7.19. The minimum absolute atomic E-state index is 0.100. The molecule has 1 aromatic rings. The second kappa shape index (κ2) is 6.02. The van der Waals surface area contributed by atoms with Crippen molar-refractivity contribution in [1.82, 2.24) is 4.72 Å². The SMILES string of the molecule is Cc1ccc(S(=O)(=O)NC2(CO)CCCC(C)C2)cc1F. The maximum Gasteiger partial charge on any atom is 0.241 e. The van der Waals surface area contributed by atoms with E-state index in [4.69, 9.17) is 0 Å². The van der Waals surface area contributed by atoms with E-state index in [0.717, 1.165) is 18.9 Å². The molecule has 2 unspecified atom stereocenters. The van der Waals surface area contributed by atoms with Crippen LogP contribution in [0, 0.1) is 18.7 Å². The number of aryl methyl sites for hydroxylation is 1. The Kier molecular flexibility index (Phi) is 4.70. The molecule has 0 heterocycles. The molecular formula is C15H22FNO3S. The van der Waals surface area contributed by atoms with E-state index in [0.29, 0.717) is 24.3 Å². The number of sulfonamides is 1. The maximum absolute atomic E-state index is 13.6. The summed E-state index contributed by atoms with van der Waals surface area (Å²) in [7, 11) is -3.84. The Bertz CT molecular complexity index is 617. The molecule has 2 rings (SSSR count). The number of aliphatic hydroxyl groups is 1. The molecule has 0 radical (unpaired) electrons. The summed E-state index contributed by atoms with van der Waals surface area (Å²) in [5.41, 5.74) is -0.435. The standard InChI is InChI=1S/C15H22FNO3S/c1-11-4-3-7-15(9-11,10-18)17-21(19,20)13-6-5-12(2)14(16)8-13/h5-6,8,11,17-18H,3-4,7,9-10H2,1-2H3. The van der Waals surface area contributed by atoms with Gasteiger partial charge in [-0.3, -0.25) is 0 Å². The summed E-state index contributed by atoms with van der Waals surface area (Å²) in [5, 5.41) is 9.67. The Morgan fingerprint density at radius 1 is 1.48 bits per heavy atom. The molecule has 1 fully saturated rings. The van der Waals surface area contributed by atoms with Gasteiger partial charge in [0.05, 0.1) is 17.0 Å². The molecule has 4 nitrogen and oxygen atoms in total. The summed E-state index contributed by atoms with van der Waals surface area (Å²) in [6.45, 7) is 3.38. The van der Waals surface area contributed by atoms with Crippen molar-refractivity contribution in [3.63, 3.8) is 0 Å². The van der Waals surface area contributed by atoms with Crippen molar-refractivity contribution in [2.75, 3.05) is 6.61 Å². The second-order valence-corrected chi connectivity index (χ2v) is 7.84. The van der Waals surface area contributed by atoms with Gasteiger partial charge in [0.1, 0.15) is 5.82 Å². The normalized spacial score (nSPS) is 26.8. The van der Waals surface area contributed by atoms with Crippen LogP contribution >= 0.6 is 0 Å². The lowest BCUT2D eigenvalue weighted by atomic mass is 9.78. The van der Waals surface area contributed by atoms with Gasteiger partial charge in [-0.05, 0) is 43.4 Å². The van der Waals surface area contributed by atoms with E-state index in [1.807, 2.05) is 6.92 Å². The largest absolute Gasteiger partial charge is 0.394 e. The van der Waals surface area contributed by atoms with Gasteiger partial charge in [0, 0.05) is 0 Å². The van der Waals surface area contributed by atoms with Crippen LogP contribution in [0.3, 0.4) is 0 Å². The van der Waals surface area contributed by atoms with Crippen LogP contribution in [0.1, 0.15) is 38.2 Å². The van der Waals surface area contributed by atoms with Crippen molar-refractivity contribution in [3.05, 3.63) is 29.6 Å². The Morgan fingerprint density at radius 3 is 2.76 bits per heavy atom. The first-order chi connectivity index (χ1) is 9.78.